The van der Waals surface area contributed by atoms with E-state index in [1.165, 1.54) is 12.1 Å². The summed E-state index contributed by atoms with van der Waals surface area (Å²) < 4.78 is 41.5. The largest absolute Gasteiger partial charge is 0.438 e. The van der Waals surface area contributed by atoms with Gasteiger partial charge in [0.1, 0.15) is 0 Å². The molecule has 2 aromatic rings. The molecule has 0 bridgehead atoms. The normalized spacial score (nSPS) is 11.7. The van der Waals surface area contributed by atoms with E-state index in [1.54, 1.807) is 0 Å². The first-order valence-electron chi connectivity index (χ1n) is 4.66. The van der Waals surface area contributed by atoms with Gasteiger partial charge in [-0.15, -0.1) is 0 Å². The van der Waals surface area contributed by atoms with Gasteiger partial charge in [-0.05, 0) is 11.6 Å². The molecule has 0 aliphatic carbocycles. The SMILES string of the molecule is O=c1[nH]c(Cc2cccc(C(F)(F)F)c2)no1. The summed E-state index contributed by atoms with van der Waals surface area (Å²) in [5.41, 5.74) is -0.342. The standard InChI is InChI=1S/C10H7F3N2O2/c11-10(12,13)7-3-1-2-6(4-7)5-8-14-9(16)17-15-8/h1-4H,5H2,(H,14,15,16). The zero-order valence-electron chi connectivity index (χ0n) is 8.41. The maximum Gasteiger partial charge on any atom is 0.438 e. The van der Waals surface area contributed by atoms with E-state index < -0.39 is 17.5 Å². The van der Waals surface area contributed by atoms with E-state index in [-0.39, 0.29) is 12.2 Å². The lowest BCUT2D eigenvalue weighted by Crippen LogP contribution is -2.05. The molecule has 0 radical (unpaired) electrons. The number of hydrogen-bond acceptors (Lipinski definition) is 3. The Morgan fingerprint density at radius 1 is 1.35 bits per heavy atom. The molecule has 1 aromatic heterocycles. The van der Waals surface area contributed by atoms with Gasteiger partial charge >= 0.3 is 11.9 Å². The lowest BCUT2D eigenvalue weighted by atomic mass is 10.1. The zero-order valence-corrected chi connectivity index (χ0v) is 8.41. The molecule has 0 aliphatic rings. The molecule has 1 aromatic carbocycles. The summed E-state index contributed by atoms with van der Waals surface area (Å²) in [5.74, 6) is -0.540. The minimum atomic E-state index is -4.38. The molecule has 0 amide bonds. The van der Waals surface area contributed by atoms with Gasteiger partial charge in [0.2, 0.25) is 0 Å². The molecule has 17 heavy (non-hydrogen) atoms. The van der Waals surface area contributed by atoms with Crippen LogP contribution in [-0.2, 0) is 12.6 Å². The molecule has 2 rings (SSSR count). The predicted octanol–water partition coefficient (Wildman–Crippen LogP) is 1.97. The molecule has 0 atom stereocenters. The molecule has 0 aliphatic heterocycles. The molecular formula is C10H7F3N2O2. The molecule has 0 spiro atoms. The topological polar surface area (TPSA) is 58.9 Å². The van der Waals surface area contributed by atoms with Crippen LogP contribution in [0.5, 0.6) is 0 Å². The molecule has 4 nitrogen and oxygen atoms in total. The summed E-state index contributed by atoms with van der Waals surface area (Å²) >= 11 is 0. The van der Waals surface area contributed by atoms with Gasteiger partial charge in [0.25, 0.3) is 0 Å². The molecule has 0 unspecified atom stereocenters. The number of halogens is 3. The minimum Gasteiger partial charge on any atom is -0.296 e. The van der Waals surface area contributed by atoms with Crippen LogP contribution in [0.15, 0.2) is 33.6 Å². The van der Waals surface area contributed by atoms with Gasteiger partial charge in [-0.1, -0.05) is 23.4 Å². The van der Waals surface area contributed by atoms with Crippen LogP contribution < -0.4 is 5.76 Å². The van der Waals surface area contributed by atoms with Gasteiger partial charge in [0.15, 0.2) is 5.82 Å². The predicted molar refractivity (Wildman–Crippen MR) is 51.4 cm³/mol. The van der Waals surface area contributed by atoms with E-state index in [0.717, 1.165) is 12.1 Å². The van der Waals surface area contributed by atoms with Crippen LogP contribution in [0, 0.1) is 0 Å². The number of rotatable bonds is 2. The van der Waals surface area contributed by atoms with Crippen molar-refractivity contribution in [3.8, 4) is 0 Å². The monoisotopic (exact) mass is 244 g/mol. The highest BCUT2D eigenvalue weighted by atomic mass is 19.4. The summed E-state index contributed by atoms with van der Waals surface area (Å²) in [5, 5.41) is 3.38. The highest BCUT2D eigenvalue weighted by Crippen LogP contribution is 2.29. The first-order chi connectivity index (χ1) is 7.95. The zero-order chi connectivity index (χ0) is 12.5. The molecule has 7 heteroatoms. The Balaban J connectivity index is 2.25. The summed E-state index contributed by atoms with van der Waals surface area (Å²) in [6.45, 7) is 0. The maximum absolute atomic E-state index is 12.4. The van der Waals surface area contributed by atoms with Gasteiger partial charge in [-0.3, -0.25) is 9.51 Å². The van der Waals surface area contributed by atoms with Crippen molar-refractivity contribution in [2.45, 2.75) is 12.6 Å². The van der Waals surface area contributed by atoms with Crippen LogP contribution in [0.3, 0.4) is 0 Å². The summed E-state index contributed by atoms with van der Waals surface area (Å²) in [6, 6.07) is 4.81. The van der Waals surface area contributed by atoms with E-state index in [4.69, 9.17) is 0 Å². The summed E-state index contributed by atoms with van der Waals surface area (Å²) in [4.78, 5) is 12.9. The highest BCUT2D eigenvalue weighted by molar-refractivity contribution is 5.27. The number of aromatic nitrogens is 2. The van der Waals surface area contributed by atoms with E-state index in [9.17, 15) is 18.0 Å². The van der Waals surface area contributed by atoms with E-state index in [1.807, 2.05) is 0 Å². The fourth-order valence-electron chi connectivity index (χ4n) is 1.39. The molecule has 1 N–H and O–H groups in total. The average Bonchev–Trinajstić information content (AvgIpc) is 2.63. The molecule has 0 saturated carbocycles. The number of benzene rings is 1. The second kappa shape index (κ2) is 4.08. The van der Waals surface area contributed by atoms with E-state index in [0.29, 0.717) is 5.56 Å². The van der Waals surface area contributed by atoms with Gasteiger partial charge in [0.05, 0.1) is 5.56 Å². The Morgan fingerprint density at radius 2 is 2.12 bits per heavy atom. The highest BCUT2D eigenvalue weighted by Gasteiger charge is 2.30. The first-order valence-corrected chi connectivity index (χ1v) is 4.66. The fourth-order valence-corrected chi connectivity index (χ4v) is 1.39. The third-order valence-corrected chi connectivity index (χ3v) is 2.11. The Bertz CT molecular complexity index is 571. The van der Waals surface area contributed by atoms with Crippen molar-refractivity contribution in [1.29, 1.82) is 0 Å². The number of H-pyrrole nitrogens is 1. The summed E-state index contributed by atoms with van der Waals surface area (Å²) in [7, 11) is 0. The van der Waals surface area contributed by atoms with Crippen molar-refractivity contribution < 1.29 is 17.7 Å². The number of aromatic amines is 1. The Morgan fingerprint density at radius 3 is 2.71 bits per heavy atom. The van der Waals surface area contributed by atoms with Crippen molar-refractivity contribution in [2.24, 2.45) is 0 Å². The first kappa shape index (κ1) is 11.4. The van der Waals surface area contributed by atoms with Gasteiger partial charge in [0, 0.05) is 6.42 Å². The number of alkyl halides is 3. The summed E-state index contributed by atoms with van der Waals surface area (Å²) in [6.07, 6.45) is -4.30. The van der Waals surface area contributed by atoms with Crippen molar-refractivity contribution in [3.63, 3.8) is 0 Å². The number of nitrogens with one attached hydrogen (secondary N) is 1. The molecule has 0 saturated heterocycles. The molecule has 0 fully saturated rings. The fraction of sp³-hybridized carbons (Fsp3) is 0.200. The van der Waals surface area contributed by atoms with Crippen LogP contribution in [0.25, 0.3) is 0 Å². The van der Waals surface area contributed by atoms with Crippen LogP contribution >= 0.6 is 0 Å². The average molecular weight is 244 g/mol. The smallest absolute Gasteiger partial charge is 0.296 e. The maximum atomic E-state index is 12.4. The molecular weight excluding hydrogens is 237 g/mol. The van der Waals surface area contributed by atoms with Crippen molar-refractivity contribution in [1.82, 2.24) is 10.1 Å². The Kier molecular flexibility index (Phi) is 2.74. The van der Waals surface area contributed by atoms with Crippen molar-refractivity contribution in [3.05, 3.63) is 51.8 Å². The minimum absolute atomic E-state index is 0.0790. The molecule has 1 heterocycles. The van der Waals surface area contributed by atoms with Gasteiger partial charge in [-0.25, -0.2) is 4.79 Å². The van der Waals surface area contributed by atoms with Gasteiger partial charge in [-0.2, -0.15) is 13.2 Å². The van der Waals surface area contributed by atoms with Gasteiger partial charge < -0.3 is 0 Å². The third-order valence-electron chi connectivity index (χ3n) is 2.11. The molecule has 90 valence electrons. The van der Waals surface area contributed by atoms with Crippen LogP contribution in [0.1, 0.15) is 17.0 Å². The van der Waals surface area contributed by atoms with Crippen molar-refractivity contribution in [2.75, 3.05) is 0 Å². The quantitative estimate of drug-likeness (QED) is 0.878. The second-order valence-electron chi connectivity index (χ2n) is 3.42. The van der Waals surface area contributed by atoms with Crippen molar-refractivity contribution >= 4 is 0 Å². The number of nitrogens with zero attached hydrogens (tertiary/aromatic N) is 1. The van der Waals surface area contributed by atoms with Crippen LogP contribution in [0.4, 0.5) is 13.2 Å². The van der Waals surface area contributed by atoms with E-state index >= 15 is 0 Å². The van der Waals surface area contributed by atoms with E-state index in [2.05, 4.69) is 14.7 Å². The Hall–Kier alpha value is -2.05. The third kappa shape index (κ3) is 2.74. The Labute approximate surface area is 93.1 Å². The lowest BCUT2D eigenvalue weighted by Gasteiger charge is -2.07. The van der Waals surface area contributed by atoms with Crippen LogP contribution in [-0.4, -0.2) is 10.1 Å². The number of hydrogen-bond donors (Lipinski definition) is 1. The second-order valence-corrected chi connectivity index (χ2v) is 3.42. The van der Waals surface area contributed by atoms with Crippen LogP contribution in [0.2, 0.25) is 0 Å². The lowest BCUT2D eigenvalue weighted by molar-refractivity contribution is -0.137.